The molecule has 2 aromatic rings. The predicted octanol–water partition coefficient (Wildman–Crippen LogP) is 2.23. The standard InChI is InChI=1S/C19H24N4O3.H2/c1-14-4-3-5-15(12-14)17-16(18(24)23-7-10-26-11-8-23)13-21-19(22-17)20-6-9-25-2;/h3-5,12-13H,6-11H2,1-2H3,(H,20,21,22);1H. The van der Waals surface area contributed by atoms with E-state index < -0.39 is 0 Å². The van der Waals surface area contributed by atoms with Crippen molar-refractivity contribution in [3.8, 4) is 11.3 Å². The van der Waals surface area contributed by atoms with Gasteiger partial charge in [0.25, 0.3) is 5.91 Å². The molecule has 0 saturated carbocycles. The average Bonchev–Trinajstić information content (AvgIpc) is 2.68. The molecule has 1 amide bonds. The van der Waals surface area contributed by atoms with Crippen molar-refractivity contribution < 1.29 is 15.7 Å². The van der Waals surface area contributed by atoms with E-state index in [1.807, 2.05) is 31.2 Å². The van der Waals surface area contributed by atoms with Gasteiger partial charge in [0.15, 0.2) is 0 Å². The molecule has 140 valence electrons. The van der Waals surface area contributed by atoms with Crippen LogP contribution < -0.4 is 5.32 Å². The van der Waals surface area contributed by atoms with Gasteiger partial charge in [0.1, 0.15) is 0 Å². The van der Waals surface area contributed by atoms with Crippen molar-refractivity contribution in [2.75, 3.05) is 51.9 Å². The molecule has 0 radical (unpaired) electrons. The third-order valence-electron chi connectivity index (χ3n) is 4.20. The Bertz CT molecular complexity index is 766. The number of benzene rings is 1. The molecule has 0 aliphatic carbocycles. The van der Waals surface area contributed by atoms with Gasteiger partial charge in [0.2, 0.25) is 5.95 Å². The molecule has 7 heteroatoms. The number of anilines is 1. The van der Waals surface area contributed by atoms with E-state index >= 15 is 0 Å². The number of nitrogens with zero attached hydrogens (tertiary/aromatic N) is 3. The number of nitrogens with one attached hydrogen (secondary N) is 1. The van der Waals surface area contributed by atoms with Gasteiger partial charge in [-0.2, -0.15) is 0 Å². The fourth-order valence-corrected chi connectivity index (χ4v) is 2.84. The second kappa shape index (κ2) is 8.73. The Morgan fingerprint density at radius 2 is 2.19 bits per heavy atom. The molecule has 3 rings (SSSR count). The van der Waals surface area contributed by atoms with Crippen LogP contribution in [0.15, 0.2) is 30.5 Å². The molecule has 0 unspecified atom stereocenters. The number of rotatable bonds is 6. The Morgan fingerprint density at radius 3 is 2.92 bits per heavy atom. The van der Waals surface area contributed by atoms with E-state index in [4.69, 9.17) is 9.47 Å². The molecule has 1 aromatic heterocycles. The highest BCUT2D eigenvalue weighted by Gasteiger charge is 2.23. The Hall–Kier alpha value is -2.51. The summed E-state index contributed by atoms with van der Waals surface area (Å²) in [6, 6.07) is 7.97. The highest BCUT2D eigenvalue weighted by atomic mass is 16.5. The molecule has 0 atom stereocenters. The quantitative estimate of drug-likeness (QED) is 0.798. The second-order valence-corrected chi connectivity index (χ2v) is 6.15. The molecule has 1 aliphatic rings. The maximum absolute atomic E-state index is 13.0. The van der Waals surface area contributed by atoms with Gasteiger partial charge in [-0.3, -0.25) is 4.79 Å². The zero-order valence-corrected chi connectivity index (χ0v) is 15.2. The van der Waals surface area contributed by atoms with Gasteiger partial charge in [-0.15, -0.1) is 0 Å². The first kappa shape index (κ1) is 18.3. The Labute approximate surface area is 154 Å². The van der Waals surface area contributed by atoms with Gasteiger partial charge in [-0.1, -0.05) is 23.8 Å². The van der Waals surface area contributed by atoms with Gasteiger partial charge in [-0.05, 0) is 13.0 Å². The van der Waals surface area contributed by atoms with Crippen LogP contribution in [0, 0.1) is 6.92 Å². The lowest BCUT2D eigenvalue weighted by atomic mass is 10.0. The number of ether oxygens (including phenoxy) is 2. The van der Waals surface area contributed by atoms with Gasteiger partial charge >= 0.3 is 0 Å². The first-order chi connectivity index (χ1) is 12.7. The number of carbonyl (C=O) groups excluding carboxylic acids is 1. The summed E-state index contributed by atoms with van der Waals surface area (Å²) in [5.74, 6) is 0.422. The summed E-state index contributed by atoms with van der Waals surface area (Å²) in [5.41, 5.74) is 3.16. The van der Waals surface area contributed by atoms with Crippen LogP contribution in [-0.4, -0.2) is 67.3 Å². The van der Waals surface area contributed by atoms with Crippen LogP contribution in [0.25, 0.3) is 11.3 Å². The lowest BCUT2D eigenvalue weighted by Crippen LogP contribution is -2.41. The Morgan fingerprint density at radius 1 is 1.38 bits per heavy atom. The van der Waals surface area contributed by atoms with E-state index in [1.54, 1.807) is 18.2 Å². The van der Waals surface area contributed by atoms with Gasteiger partial charge in [0.05, 0.1) is 31.1 Å². The van der Waals surface area contributed by atoms with E-state index in [0.717, 1.165) is 11.1 Å². The van der Waals surface area contributed by atoms with Crippen LogP contribution in [0.4, 0.5) is 5.95 Å². The number of hydrogen-bond donors (Lipinski definition) is 1. The highest BCUT2D eigenvalue weighted by molar-refractivity contribution is 5.99. The zero-order valence-electron chi connectivity index (χ0n) is 15.2. The van der Waals surface area contributed by atoms with E-state index in [-0.39, 0.29) is 7.33 Å². The first-order valence-corrected chi connectivity index (χ1v) is 8.73. The summed E-state index contributed by atoms with van der Waals surface area (Å²) < 4.78 is 10.4. The third-order valence-corrected chi connectivity index (χ3v) is 4.20. The molecule has 1 aromatic carbocycles. The van der Waals surface area contributed by atoms with Crippen molar-refractivity contribution in [2.45, 2.75) is 6.92 Å². The van der Waals surface area contributed by atoms with Crippen LogP contribution in [-0.2, 0) is 9.47 Å². The van der Waals surface area contributed by atoms with Crippen LogP contribution in [0.5, 0.6) is 0 Å². The van der Waals surface area contributed by atoms with Gasteiger partial charge in [0, 0.05) is 39.9 Å². The fraction of sp³-hybridized carbons (Fsp3) is 0.421. The summed E-state index contributed by atoms with van der Waals surface area (Å²) >= 11 is 0. The minimum Gasteiger partial charge on any atom is -0.383 e. The maximum atomic E-state index is 13.0. The van der Waals surface area contributed by atoms with Crippen LogP contribution in [0.3, 0.4) is 0 Å². The SMILES string of the molecule is COCCNc1ncc(C(=O)N2CCOCC2)c(-c2cccc(C)c2)n1.[HH]. The lowest BCUT2D eigenvalue weighted by Gasteiger charge is -2.27. The number of amides is 1. The molecular weight excluding hydrogens is 332 g/mol. The van der Waals surface area contributed by atoms with Crippen molar-refractivity contribution in [3.05, 3.63) is 41.6 Å². The van der Waals surface area contributed by atoms with Crippen molar-refractivity contribution in [1.29, 1.82) is 0 Å². The molecule has 1 saturated heterocycles. The largest absolute Gasteiger partial charge is 0.383 e. The maximum Gasteiger partial charge on any atom is 0.257 e. The van der Waals surface area contributed by atoms with Crippen LogP contribution in [0.2, 0.25) is 0 Å². The second-order valence-electron chi connectivity index (χ2n) is 6.15. The number of aryl methyl sites for hydroxylation is 1. The van der Waals surface area contributed by atoms with E-state index in [2.05, 4.69) is 15.3 Å². The summed E-state index contributed by atoms with van der Waals surface area (Å²) in [6.45, 7) is 5.45. The third kappa shape index (κ3) is 4.36. The first-order valence-electron chi connectivity index (χ1n) is 8.73. The summed E-state index contributed by atoms with van der Waals surface area (Å²) in [5, 5.41) is 3.12. The predicted molar refractivity (Wildman–Crippen MR) is 101 cm³/mol. The Kier molecular flexibility index (Phi) is 6.14. The van der Waals surface area contributed by atoms with Crippen molar-refractivity contribution in [3.63, 3.8) is 0 Å². The molecule has 26 heavy (non-hydrogen) atoms. The average molecular weight is 358 g/mol. The number of carbonyl (C=O) groups is 1. The molecule has 1 fully saturated rings. The molecule has 2 heterocycles. The number of aromatic nitrogens is 2. The minimum absolute atomic E-state index is 0. The fourth-order valence-electron chi connectivity index (χ4n) is 2.84. The topological polar surface area (TPSA) is 76.6 Å². The molecule has 0 bridgehead atoms. The van der Waals surface area contributed by atoms with Gasteiger partial charge in [-0.25, -0.2) is 9.97 Å². The lowest BCUT2D eigenvalue weighted by molar-refractivity contribution is 0.0303. The smallest absolute Gasteiger partial charge is 0.257 e. The monoisotopic (exact) mass is 358 g/mol. The summed E-state index contributed by atoms with van der Waals surface area (Å²) in [6.07, 6.45) is 1.61. The van der Waals surface area contributed by atoms with Crippen molar-refractivity contribution in [2.24, 2.45) is 0 Å². The van der Waals surface area contributed by atoms with Gasteiger partial charge < -0.3 is 19.7 Å². The van der Waals surface area contributed by atoms with E-state index in [0.29, 0.717) is 56.7 Å². The van der Waals surface area contributed by atoms with E-state index in [1.165, 1.54) is 0 Å². The zero-order chi connectivity index (χ0) is 18.4. The minimum atomic E-state index is -0.0618. The van der Waals surface area contributed by atoms with Crippen LogP contribution in [0.1, 0.15) is 17.3 Å². The summed E-state index contributed by atoms with van der Waals surface area (Å²) in [4.78, 5) is 23.7. The van der Waals surface area contributed by atoms with Crippen LogP contribution >= 0.6 is 0 Å². The number of morpholine rings is 1. The number of methoxy groups -OCH3 is 1. The number of hydrogen-bond acceptors (Lipinski definition) is 6. The molecule has 0 spiro atoms. The Balaban J connectivity index is 0.00000261. The molecular formula is C19H26N4O3. The van der Waals surface area contributed by atoms with Crippen molar-refractivity contribution in [1.82, 2.24) is 14.9 Å². The molecule has 1 aliphatic heterocycles. The van der Waals surface area contributed by atoms with E-state index in [9.17, 15) is 4.79 Å². The highest BCUT2D eigenvalue weighted by Crippen LogP contribution is 2.25. The summed E-state index contributed by atoms with van der Waals surface area (Å²) in [7, 11) is 1.64. The molecule has 7 nitrogen and oxygen atoms in total. The normalized spacial score (nSPS) is 14.3. The molecule has 1 N–H and O–H groups in total. The van der Waals surface area contributed by atoms with Crippen molar-refractivity contribution >= 4 is 11.9 Å².